The molecule has 0 unspecified atom stereocenters. The molecule has 13 heavy (non-hydrogen) atoms. The van der Waals surface area contributed by atoms with Crippen LogP contribution in [0.3, 0.4) is 0 Å². The second-order valence-electron chi connectivity index (χ2n) is 3.64. The molecule has 0 aliphatic heterocycles. The third-order valence-electron chi connectivity index (χ3n) is 2.71. The van der Waals surface area contributed by atoms with Crippen molar-refractivity contribution in [1.82, 2.24) is 0 Å². The molecule has 0 bridgehead atoms. The minimum atomic E-state index is 0.537. The summed E-state index contributed by atoms with van der Waals surface area (Å²) in [4.78, 5) is 1.47. The summed E-state index contributed by atoms with van der Waals surface area (Å²) in [5.74, 6) is 1.20. The molecule has 0 spiro atoms. The summed E-state index contributed by atoms with van der Waals surface area (Å²) in [6.07, 6.45) is 13.2. The van der Waals surface area contributed by atoms with Crippen molar-refractivity contribution in [3.63, 3.8) is 0 Å². The van der Waals surface area contributed by atoms with E-state index >= 15 is 0 Å². The van der Waals surface area contributed by atoms with Crippen LogP contribution < -0.4 is 0 Å². The average molecular weight is 196 g/mol. The van der Waals surface area contributed by atoms with E-state index in [0.29, 0.717) is 6.10 Å². The molecular formula is C11H16OS. The van der Waals surface area contributed by atoms with Gasteiger partial charge in [-0.25, -0.2) is 0 Å². The van der Waals surface area contributed by atoms with Gasteiger partial charge < -0.3 is 4.74 Å². The summed E-state index contributed by atoms with van der Waals surface area (Å²) in [6.45, 7) is 0. The monoisotopic (exact) mass is 196 g/mol. The molecule has 1 saturated carbocycles. The highest BCUT2D eigenvalue weighted by Crippen LogP contribution is 2.30. The fourth-order valence-corrected chi connectivity index (χ4v) is 2.08. The maximum Gasteiger partial charge on any atom is 0.0982 e. The Labute approximate surface area is 84.2 Å². The molecule has 0 amide bonds. The first-order valence-electron chi connectivity index (χ1n) is 4.99. The number of thioether (sulfide) groups is 1. The molecule has 1 nitrogen and oxygen atoms in total. The number of rotatable bonds is 3. The van der Waals surface area contributed by atoms with Crippen LogP contribution in [0, 0.1) is 0 Å². The maximum absolute atomic E-state index is 5.83. The highest BCUT2D eigenvalue weighted by Gasteiger charge is 2.20. The van der Waals surface area contributed by atoms with Crippen molar-refractivity contribution in [3.05, 3.63) is 22.8 Å². The Morgan fingerprint density at radius 1 is 1.31 bits per heavy atom. The van der Waals surface area contributed by atoms with Gasteiger partial charge in [0.05, 0.1) is 11.9 Å². The number of hydrogen-bond acceptors (Lipinski definition) is 2. The molecule has 0 aromatic heterocycles. The average Bonchev–Trinajstić information content (AvgIpc) is 2.12. The minimum Gasteiger partial charge on any atom is -0.495 e. The summed E-state index contributed by atoms with van der Waals surface area (Å²) in [5, 5.41) is 0. The lowest BCUT2D eigenvalue weighted by molar-refractivity contribution is 0.0473. The first kappa shape index (κ1) is 9.20. The van der Waals surface area contributed by atoms with Gasteiger partial charge in [-0.1, -0.05) is 0 Å². The SMILES string of the molecule is CSC1=CC=C(OC2CCC2)CC1. The van der Waals surface area contributed by atoms with E-state index in [9.17, 15) is 0 Å². The molecule has 72 valence electrons. The molecule has 0 N–H and O–H groups in total. The van der Waals surface area contributed by atoms with Crippen LogP contribution in [0.2, 0.25) is 0 Å². The van der Waals surface area contributed by atoms with Crippen LogP contribution in [0.5, 0.6) is 0 Å². The molecule has 0 saturated heterocycles. The van der Waals surface area contributed by atoms with Gasteiger partial charge in [0.25, 0.3) is 0 Å². The Balaban J connectivity index is 1.86. The summed E-state index contributed by atoms with van der Waals surface area (Å²) in [5.41, 5.74) is 0. The van der Waals surface area contributed by atoms with Crippen LogP contribution in [0.15, 0.2) is 22.8 Å². The predicted octanol–water partition coefficient (Wildman–Crippen LogP) is 3.48. The fourth-order valence-electron chi connectivity index (χ4n) is 1.57. The van der Waals surface area contributed by atoms with Crippen molar-refractivity contribution in [2.75, 3.05) is 6.26 Å². The van der Waals surface area contributed by atoms with E-state index in [0.717, 1.165) is 6.42 Å². The van der Waals surface area contributed by atoms with E-state index in [1.165, 1.54) is 36.3 Å². The van der Waals surface area contributed by atoms with Gasteiger partial charge in [0, 0.05) is 6.42 Å². The molecule has 0 aromatic carbocycles. The normalized spacial score (nSPS) is 23.2. The van der Waals surface area contributed by atoms with Gasteiger partial charge in [-0.3, -0.25) is 0 Å². The Bertz CT molecular complexity index is 238. The second-order valence-corrected chi connectivity index (χ2v) is 4.57. The second kappa shape index (κ2) is 4.23. The minimum absolute atomic E-state index is 0.537. The van der Waals surface area contributed by atoms with Gasteiger partial charge in [0.2, 0.25) is 0 Å². The maximum atomic E-state index is 5.83. The Morgan fingerprint density at radius 3 is 2.62 bits per heavy atom. The quantitative estimate of drug-likeness (QED) is 0.683. The van der Waals surface area contributed by atoms with Crippen molar-refractivity contribution in [1.29, 1.82) is 0 Å². The zero-order valence-electron chi connectivity index (χ0n) is 8.08. The predicted molar refractivity (Wildman–Crippen MR) is 57.6 cm³/mol. The Hall–Kier alpha value is -0.370. The van der Waals surface area contributed by atoms with Gasteiger partial charge in [0.1, 0.15) is 0 Å². The molecule has 0 radical (unpaired) electrons. The smallest absolute Gasteiger partial charge is 0.0982 e. The van der Waals surface area contributed by atoms with Gasteiger partial charge in [0.15, 0.2) is 0 Å². The van der Waals surface area contributed by atoms with E-state index in [1.54, 1.807) is 0 Å². The van der Waals surface area contributed by atoms with Crippen molar-refractivity contribution < 1.29 is 4.74 Å². The molecule has 2 aliphatic carbocycles. The fraction of sp³-hybridized carbons (Fsp3) is 0.636. The Morgan fingerprint density at radius 2 is 2.15 bits per heavy atom. The summed E-state index contributed by atoms with van der Waals surface area (Å²) < 4.78 is 5.83. The van der Waals surface area contributed by atoms with Crippen molar-refractivity contribution in [3.8, 4) is 0 Å². The summed E-state index contributed by atoms with van der Waals surface area (Å²) >= 11 is 1.85. The molecule has 0 heterocycles. The molecule has 2 rings (SSSR count). The van der Waals surface area contributed by atoms with Gasteiger partial charge >= 0.3 is 0 Å². The third-order valence-corrected chi connectivity index (χ3v) is 3.57. The van der Waals surface area contributed by atoms with Crippen molar-refractivity contribution >= 4 is 11.8 Å². The van der Waals surface area contributed by atoms with Gasteiger partial charge in [-0.2, -0.15) is 0 Å². The highest BCUT2D eigenvalue weighted by atomic mass is 32.2. The van der Waals surface area contributed by atoms with Gasteiger partial charge in [-0.05, 0) is 49.0 Å². The largest absolute Gasteiger partial charge is 0.495 e. The van der Waals surface area contributed by atoms with E-state index in [1.807, 2.05) is 11.8 Å². The number of ether oxygens (including phenoxy) is 1. The van der Waals surface area contributed by atoms with Crippen LogP contribution >= 0.6 is 11.8 Å². The molecule has 2 heteroatoms. The van der Waals surface area contributed by atoms with E-state index in [2.05, 4.69) is 18.4 Å². The van der Waals surface area contributed by atoms with E-state index < -0.39 is 0 Å². The first-order valence-corrected chi connectivity index (χ1v) is 6.21. The topological polar surface area (TPSA) is 9.23 Å². The molecule has 2 aliphatic rings. The number of allylic oxidation sites excluding steroid dienone is 4. The van der Waals surface area contributed by atoms with Gasteiger partial charge in [-0.15, -0.1) is 11.8 Å². The van der Waals surface area contributed by atoms with Crippen molar-refractivity contribution in [2.45, 2.75) is 38.2 Å². The van der Waals surface area contributed by atoms with E-state index in [-0.39, 0.29) is 0 Å². The zero-order chi connectivity index (χ0) is 9.10. The summed E-state index contributed by atoms with van der Waals surface area (Å²) in [7, 11) is 0. The Kier molecular flexibility index (Phi) is 2.99. The van der Waals surface area contributed by atoms with Crippen LogP contribution in [-0.2, 0) is 4.74 Å². The molecule has 1 fully saturated rings. The summed E-state index contributed by atoms with van der Waals surface area (Å²) in [6, 6.07) is 0. The van der Waals surface area contributed by atoms with E-state index in [4.69, 9.17) is 4.74 Å². The van der Waals surface area contributed by atoms with Crippen molar-refractivity contribution in [2.24, 2.45) is 0 Å². The van der Waals surface area contributed by atoms with Crippen LogP contribution in [0.4, 0.5) is 0 Å². The highest BCUT2D eigenvalue weighted by molar-refractivity contribution is 8.02. The van der Waals surface area contributed by atoms with Crippen LogP contribution in [0.1, 0.15) is 32.1 Å². The molecule has 0 aromatic rings. The lowest BCUT2D eigenvalue weighted by Gasteiger charge is -2.28. The first-order chi connectivity index (χ1) is 6.38. The molecular weight excluding hydrogens is 180 g/mol. The third kappa shape index (κ3) is 2.31. The lowest BCUT2D eigenvalue weighted by Crippen LogP contribution is -2.21. The zero-order valence-corrected chi connectivity index (χ0v) is 8.90. The number of hydrogen-bond donors (Lipinski definition) is 0. The van der Waals surface area contributed by atoms with Crippen LogP contribution in [-0.4, -0.2) is 12.4 Å². The lowest BCUT2D eigenvalue weighted by atomic mass is 9.96. The van der Waals surface area contributed by atoms with Crippen LogP contribution in [0.25, 0.3) is 0 Å². The standard InChI is InChI=1S/C11H16OS/c1-13-11-7-5-10(6-8-11)12-9-3-2-4-9/h5,7,9H,2-4,6,8H2,1H3. The molecule has 0 atom stereocenters.